The minimum absolute atomic E-state index is 0.0332. The third kappa shape index (κ3) is 2.82. The van der Waals surface area contributed by atoms with E-state index in [-0.39, 0.29) is 18.0 Å². The Balaban J connectivity index is 1.71. The van der Waals surface area contributed by atoms with Crippen LogP contribution in [0.1, 0.15) is 30.1 Å². The van der Waals surface area contributed by atoms with E-state index in [9.17, 15) is 4.79 Å². The zero-order valence-corrected chi connectivity index (χ0v) is 14.2. The molecule has 4 rings (SSSR count). The SMILES string of the molecule is Cc1cccc2ncnc(N[C@@H]3CCC(=O)N[C@H]3c3ccnn3C)c12. The molecule has 0 aliphatic carbocycles. The smallest absolute Gasteiger partial charge is 0.220 e. The predicted octanol–water partition coefficient (Wildman–Crippen LogP) is 2.10. The van der Waals surface area contributed by atoms with Crippen molar-refractivity contribution < 1.29 is 4.79 Å². The van der Waals surface area contributed by atoms with E-state index in [2.05, 4.69) is 38.7 Å². The molecule has 1 aromatic carbocycles. The second kappa shape index (κ2) is 6.16. The fraction of sp³-hybridized carbons (Fsp3) is 0.333. The average molecular weight is 336 g/mol. The van der Waals surface area contributed by atoms with Gasteiger partial charge in [0.25, 0.3) is 0 Å². The zero-order chi connectivity index (χ0) is 17.4. The van der Waals surface area contributed by atoms with Gasteiger partial charge in [0.15, 0.2) is 0 Å². The van der Waals surface area contributed by atoms with Gasteiger partial charge in [-0.05, 0) is 31.0 Å². The van der Waals surface area contributed by atoms with Gasteiger partial charge in [-0.2, -0.15) is 5.10 Å². The fourth-order valence-corrected chi connectivity index (χ4v) is 3.49. The maximum absolute atomic E-state index is 12.0. The number of carbonyl (C=O) groups excluding carboxylic acids is 1. The van der Waals surface area contributed by atoms with Crippen molar-refractivity contribution in [1.29, 1.82) is 0 Å². The molecule has 0 saturated carbocycles. The van der Waals surface area contributed by atoms with Gasteiger partial charge in [-0.25, -0.2) is 9.97 Å². The first-order valence-corrected chi connectivity index (χ1v) is 8.37. The molecule has 1 aliphatic heterocycles. The number of hydrogen-bond acceptors (Lipinski definition) is 5. The Bertz CT molecular complexity index is 929. The summed E-state index contributed by atoms with van der Waals surface area (Å²) in [4.78, 5) is 20.8. The number of carbonyl (C=O) groups is 1. The maximum atomic E-state index is 12.0. The number of nitrogens with one attached hydrogen (secondary N) is 2. The molecule has 1 amide bonds. The summed E-state index contributed by atoms with van der Waals surface area (Å²) in [7, 11) is 1.89. The number of hydrogen-bond donors (Lipinski definition) is 2. The molecule has 2 atom stereocenters. The number of amides is 1. The highest BCUT2D eigenvalue weighted by Gasteiger charge is 2.32. The second-order valence-corrected chi connectivity index (χ2v) is 6.41. The summed E-state index contributed by atoms with van der Waals surface area (Å²) in [5, 5.41) is 11.9. The number of rotatable bonds is 3. The van der Waals surface area contributed by atoms with Gasteiger partial charge in [-0.15, -0.1) is 0 Å². The van der Waals surface area contributed by atoms with E-state index in [1.165, 1.54) is 0 Å². The Labute approximate surface area is 145 Å². The van der Waals surface area contributed by atoms with E-state index in [4.69, 9.17) is 0 Å². The lowest BCUT2D eigenvalue weighted by Gasteiger charge is -2.33. The van der Waals surface area contributed by atoms with Crippen LogP contribution in [0.25, 0.3) is 10.9 Å². The van der Waals surface area contributed by atoms with Gasteiger partial charge in [-0.3, -0.25) is 9.48 Å². The van der Waals surface area contributed by atoms with Crippen molar-refractivity contribution in [3.63, 3.8) is 0 Å². The second-order valence-electron chi connectivity index (χ2n) is 6.41. The maximum Gasteiger partial charge on any atom is 0.220 e. The largest absolute Gasteiger partial charge is 0.364 e. The summed E-state index contributed by atoms with van der Waals surface area (Å²) in [6.07, 6.45) is 4.55. The quantitative estimate of drug-likeness (QED) is 0.765. The standard InChI is InChI=1S/C18H20N6O/c1-11-4-3-5-12-16(11)18(20-10-19-12)22-13-6-7-15(25)23-17(13)14-8-9-21-24(14)2/h3-5,8-10,13,17H,6-7H2,1-2H3,(H,23,25)(H,19,20,22)/t13-,17-/m1/s1. The van der Waals surface area contributed by atoms with Crippen molar-refractivity contribution in [1.82, 2.24) is 25.1 Å². The Morgan fingerprint density at radius 1 is 1.28 bits per heavy atom. The molecule has 0 unspecified atom stereocenters. The number of aryl methyl sites for hydroxylation is 2. The summed E-state index contributed by atoms with van der Waals surface area (Å²) in [5.74, 6) is 0.865. The summed E-state index contributed by atoms with van der Waals surface area (Å²) in [6.45, 7) is 2.05. The Morgan fingerprint density at radius 3 is 2.96 bits per heavy atom. The molecule has 2 N–H and O–H groups in total. The van der Waals surface area contributed by atoms with Gasteiger partial charge in [0.1, 0.15) is 12.1 Å². The molecule has 3 aromatic rings. The molecule has 128 valence electrons. The van der Waals surface area contributed by atoms with Crippen LogP contribution >= 0.6 is 0 Å². The van der Waals surface area contributed by atoms with Crippen LogP contribution in [-0.2, 0) is 11.8 Å². The van der Waals surface area contributed by atoms with E-state index in [1.807, 2.05) is 25.2 Å². The number of piperidine rings is 1. The van der Waals surface area contributed by atoms with E-state index in [0.29, 0.717) is 6.42 Å². The summed E-state index contributed by atoms with van der Waals surface area (Å²) in [6, 6.07) is 7.85. The Hall–Kier alpha value is -2.96. The monoisotopic (exact) mass is 336 g/mol. The summed E-state index contributed by atoms with van der Waals surface area (Å²) >= 11 is 0. The molecule has 1 saturated heterocycles. The van der Waals surface area contributed by atoms with E-state index >= 15 is 0 Å². The van der Waals surface area contributed by atoms with Gasteiger partial charge in [0.05, 0.1) is 23.3 Å². The van der Waals surface area contributed by atoms with Crippen LogP contribution in [-0.4, -0.2) is 31.7 Å². The molecule has 25 heavy (non-hydrogen) atoms. The van der Waals surface area contributed by atoms with Gasteiger partial charge in [0.2, 0.25) is 5.91 Å². The first-order valence-electron chi connectivity index (χ1n) is 8.37. The van der Waals surface area contributed by atoms with Crippen LogP contribution < -0.4 is 10.6 Å². The minimum Gasteiger partial charge on any atom is -0.364 e. The molecular formula is C18H20N6O. The van der Waals surface area contributed by atoms with Crippen LogP contribution in [0.5, 0.6) is 0 Å². The first-order chi connectivity index (χ1) is 12.1. The van der Waals surface area contributed by atoms with Crippen molar-refractivity contribution in [2.75, 3.05) is 5.32 Å². The molecule has 0 bridgehead atoms. The first kappa shape index (κ1) is 15.6. The van der Waals surface area contributed by atoms with Crippen LogP contribution in [0.3, 0.4) is 0 Å². The Kier molecular flexibility index (Phi) is 3.83. The molecule has 0 radical (unpaired) electrons. The number of fused-ring (bicyclic) bond motifs is 1. The highest BCUT2D eigenvalue weighted by atomic mass is 16.1. The molecule has 2 aromatic heterocycles. The fourth-order valence-electron chi connectivity index (χ4n) is 3.49. The molecule has 0 spiro atoms. The molecule has 1 fully saturated rings. The highest BCUT2D eigenvalue weighted by molar-refractivity contribution is 5.92. The van der Waals surface area contributed by atoms with E-state index in [0.717, 1.165) is 34.4 Å². The zero-order valence-electron chi connectivity index (χ0n) is 14.2. The molecule has 1 aliphatic rings. The summed E-state index contributed by atoms with van der Waals surface area (Å²) in [5.41, 5.74) is 3.01. The molecule has 3 heterocycles. The van der Waals surface area contributed by atoms with Crippen LogP contribution in [0, 0.1) is 6.92 Å². The van der Waals surface area contributed by atoms with Crippen molar-refractivity contribution in [3.8, 4) is 0 Å². The minimum atomic E-state index is -0.150. The van der Waals surface area contributed by atoms with Gasteiger partial charge in [0, 0.05) is 25.1 Å². The normalized spacial score (nSPS) is 20.5. The van der Waals surface area contributed by atoms with Gasteiger partial charge >= 0.3 is 0 Å². The summed E-state index contributed by atoms with van der Waals surface area (Å²) < 4.78 is 1.80. The number of anilines is 1. The third-order valence-corrected chi connectivity index (χ3v) is 4.77. The highest BCUT2D eigenvalue weighted by Crippen LogP contribution is 2.29. The van der Waals surface area contributed by atoms with Crippen molar-refractivity contribution in [3.05, 3.63) is 48.0 Å². The molecular weight excluding hydrogens is 316 g/mol. The lowest BCUT2D eigenvalue weighted by atomic mass is 9.95. The number of nitrogens with zero attached hydrogens (tertiary/aromatic N) is 4. The van der Waals surface area contributed by atoms with Crippen LogP contribution in [0.4, 0.5) is 5.82 Å². The molecule has 7 heteroatoms. The molecule has 7 nitrogen and oxygen atoms in total. The van der Waals surface area contributed by atoms with Gasteiger partial charge < -0.3 is 10.6 Å². The van der Waals surface area contributed by atoms with Crippen LogP contribution in [0.2, 0.25) is 0 Å². The Morgan fingerprint density at radius 2 is 2.16 bits per heavy atom. The van der Waals surface area contributed by atoms with E-state index in [1.54, 1.807) is 17.2 Å². The average Bonchev–Trinajstić information content (AvgIpc) is 3.03. The van der Waals surface area contributed by atoms with Crippen molar-refractivity contribution >= 4 is 22.6 Å². The number of aromatic nitrogens is 4. The topological polar surface area (TPSA) is 84.7 Å². The van der Waals surface area contributed by atoms with Gasteiger partial charge in [-0.1, -0.05) is 12.1 Å². The predicted molar refractivity (Wildman–Crippen MR) is 95.0 cm³/mol. The lowest BCUT2D eigenvalue weighted by Crippen LogP contribution is -2.46. The van der Waals surface area contributed by atoms with Crippen molar-refractivity contribution in [2.45, 2.75) is 31.8 Å². The van der Waals surface area contributed by atoms with Crippen molar-refractivity contribution in [2.24, 2.45) is 7.05 Å². The lowest BCUT2D eigenvalue weighted by molar-refractivity contribution is -0.123. The van der Waals surface area contributed by atoms with Crippen LogP contribution in [0.15, 0.2) is 36.8 Å². The number of benzene rings is 1. The van der Waals surface area contributed by atoms with E-state index < -0.39 is 0 Å². The third-order valence-electron chi connectivity index (χ3n) is 4.77.